The Balaban J connectivity index is 1.74. The molecular formula is C29H25Cl2NO5. The molecule has 0 spiro atoms. The molecule has 0 fully saturated rings. The first-order valence-electron chi connectivity index (χ1n) is 11.9. The van der Waals surface area contributed by atoms with E-state index in [1.165, 1.54) is 4.90 Å². The molecule has 0 aliphatic carbocycles. The maximum atomic E-state index is 13.8. The zero-order valence-corrected chi connectivity index (χ0v) is 22.3. The number of fused-ring (bicyclic) bond motifs is 2. The fourth-order valence-corrected chi connectivity index (χ4v) is 4.84. The molecule has 37 heavy (non-hydrogen) atoms. The van der Waals surface area contributed by atoms with Gasteiger partial charge < -0.3 is 13.9 Å². The van der Waals surface area contributed by atoms with E-state index in [1.807, 2.05) is 19.1 Å². The summed E-state index contributed by atoms with van der Waals surface area (Å²) < 4.78 is 17.5. The van der Waals surface area contributed by atoms with Crippen LogP contribution < -0.4 is 19.8 Å². The first-order chi connectivity index (χ1) is 17.7. The Morgan fingerprint density at radius 2 is 1.78 bits per heavy atom. The summed E-state index contributed by atoms with van der Waals surface area (Å²) in [6.45, 7) is 6.52. The second-order valence-corrected chi connectivity index (χ2v) is 10.3. The summed E-state index contributed by atoms with van der Waals surface area (Å²) in [7, 11) is 1.55. The first-order valence-corrected chi connectivity index (χ1v) is 12.6. The zero-order chi connectivity index (χ0) is 26.4. The highest BCUT2D eigenvalue weighted by Gasteiger charge is 2.44. The molecule has 8 heteroatoms. The number of hydrogen-bond acceptors (Lipinski definition) is 5. The standard InChI is InChI=1S/C29H25Cl2NO5/c1-15(2)14-36-23-9-6-17(11-24(23)35-4)26-25-27(33)20-12-18(30)7-10-22(20)37-28(25)29(34)32(26)19-8-5-16(3)21(31)13-19/h5-13,15,26H,14H2,1-4H3. The van der Waals surface area contributed by atoms with Crippen molar-refractivity contribution in [3.8, 4) is 11.5 Å². The Hall–Kier alpha value is -3.48. The highest BCUT2D eigenvalue weighted by Crippen LogP contribution is 2.44. The van der Waals surface area contributed by atoms with Crippen LogP contribution in [0.1, 0.15) is 47.1 Å². The van der Waals surface area contributed by atoms with Crippen LogP contribution in [0.4, 0.5) is 5.69 Å². The lowest BCUT2D eigenvalue weighted by Crippen LogP contribution is -2.29. The molecule has 3 aromatic carbocycles. The third-order valence-electron chi connectivity index (χ3n) is 6.34. The molecular weight excluding hydrogens is 513 g/mol. The van der Waals surface area contributed by atoms with Crippen molar-refractivity contribution in [3.05, 3.63) is 97.3 Å². The third-order valence-corrected chi connectivity index (χ3v) is 6.98. The lowest BCUT2D eigenvalue weighted by Gasteiger charge is -2.26. The highest BCUT2D eigenvalue weighted by molar-refractivity contribution is 6.32. The van der Waals surface area contributed by atoms with E-state index in [9.17, 15) is 9.59 Å². The summed E-state index contributed by atoms with van der Waals surface area (Å²) in [6, 6.07) is 14.7. The summed E-state index contributed by atoms with van der Waals surface area (Å²) in [5.74, 6) is 0.949. The topological polar surface area (TPSA) is 69.0 Å². The fraction of sp³-hybridized carbons (Fsp3) is 0.241. The number of aryl methyl sites for hydroxylation is 1. The molecule has 190 valence electrons. The molecule has 0 saturated heterocycles. The quantitative estimate of drug-likeness (QED) is 0.260. The molecule has 1 atom stereocenters. The van der Waals surface area contributed by atoms with E-state index in [0.717, 1.165) is 5.56 Å². The van der Waals surface area contributed by atoms with Crippen LogP contribution in [0.2, 0.25) is 10.0 Å². The summed E-state index contributed by atoms with van der Waals surface area (Å²) in [5, 5.41) is 1.21. The third kappa shape index (κ3) is 4.45. The SMILES string of the molecule is COc1cc(C2c3c(oc4ccc(Cl)cc4c3=O)C(=O)N2c2ccc(C)c(Cl)c2)ccc1OCC(C)C. The zero-order valence-electron chi connectivity index (χ0n) is 20.8. The van der Waals surface area contributed by atoms with Crippen molar-refractivity contribution in [1.29, 1.82) is 0 Å². The van der Waals surface area contributed by atoms with E-state index in [4.69, 9.17) is 37.1 Å². The molecule has 1 aliphatic heterocycles. The van der Waals surface area contributed by atoms with Gasteiger partial charge in [0.15, 0.2) is 16.9 Å². The number of benzene rings is 3. The van der Waals surface area contributed by atoms with Gasteiger partial charge in [-0.05, 0) is 66.4 Å². The Labute approximate surface area is 224 Å². The molecule has 6 nitrogen and oxygen atoms in total. The fourth-order valence-electron chi connectivity index (χ4n) is 4.49. The molecule has 1 unspecified atom stereocenters. The molecule has 4 aromatic rings. The van der Waals surface area contributed by atoms with Crippen LogP contribution in [0.25, 0.3) is 11.0 Å². The molecule has 0 radical (unpaired) electrons. The molecule has 1 aliphatic rings. The van der Waals surface area contributed by atoms with Crippen LogP contribution in [-0.2, 0) is 0 Å². The largest absolute Gasteiger partial charge is 0.493 e. The first kappa shape index (κ1) is 25.2. The Kier molecular flexibility index (Phi) is 6.65. The monoisotopic (exact) mass is 537 g/mol. The molecule has 1 amide bonds. The van der Waals surface area contributed by atoms with Crippen LogP contribution in [0.3, 0.4) is 0 Å². The van der Waals surface area contributed by atoms with Gasteiger partial charge in [-0.15, -0.1) is 0 Å². The van der Waals surface area contributed by atoms with Gasteiger partial charge in [-0.25, -0.2) is 0 Å². The van der Waals surface area contributed by atoms with Gasteiger partial charge >= 0.3 is 0 Å². The van der Waals surface area contributed by atoms with Crippen molar-refractivity contribution in [2.24, 2.45) is 5.92 Å². The Morgan fingerprint density at radius 1 is 1.00 bits per heavy atom. The number of rotatable bonds is 6. The minimum Gasteiger partial charge on any atom is -0.493 e. The smallest absolute Gasteiger partial charge is 0.295 e. The Morgan fingerprint density at radius 3 is 2.49 bits per heavy atom. The number of nitrogens with zero attached hydrogens (tertiary/aromatic N) is 1. The number of halogens is 2. The average molecular weight is 538 g/mol. The van der Waals surface area contributed by atoms with E-state index in [1.54, 1.807) is 49.6 Å². The van der Waals surface area contributed by atoms with Crippen molar-refractivity contribution in [3.63, 3.8) is 0 Å². The minimum atomic E-state index is -0.783. The molecule has 2 heterocycles. The predicted molar refractivity (Wildman–Crippen MR) is 146 cm³/mol. The van der Waals surface area contributed by atoms with Gasteiger partial charge in [-0.2, -0.15) is 0 Å². The van der Waals surface area contributed by atoms with Crippen molar-refractivity contribution in [2.45, 2.75) is 26.8 Å². The number of ether oxygens (including phenoxy) is 2. The van der Waals surface area contributed by atoms with Crippen LogP contribution >= 0.6 is 23.2 Å². The van der Waals surface area contributed by atoms with E-state index < -0.39 is 11.9 Å². The molecule has 0 N–H and O–H groups in total. The van der Waals surface area contributed by atoms with Crippen molar-refractivity contribution in [1.82, 2.24) is 0 Å². The van der Waals surface area contributed by atoms with Crippen LogP contribution in [0, 0.1) is 12.8 Å². The highest BCUT2D eigenvalue weighted by atomic mass is 35.5. The second-order valence-electron chi connectivity index (χ2n) is 9.44. The molecule has 1 aromatic heterocycles. The van der Waals surface area contributed by atoms with E-state index >= 15 is 0 Å². The molecule has 5 rings (SSSR count). The molecule has 0 bridgehead atoms. The number of carbonyl (C=O) groups excluding carboxylic acids is 1. The minimum absolute atomic E-state index is 0.0133. The van der Waals surface area contributed by atoms with Gasteiger partial charge in [0.2, 0.25) is 5.76 Å². The summed E-state index contributed by atoms with van der Waals surface area (Å²) in [6.07, 6.45) is 0. The van der Waals surface area contributed by atoms with Gasteiger partial charge in [0.25, 0.3) is 5.91 Å². The predicted octanol–water partition coefficient (Wildman–Crippen LogP) is 7.20. The molecule has 0 saturated carbocycles. The number of anilines is 1. The number of carbonyl (C=O) groups is 1. The van der Waals surface area contributed by atoms with Crippen molar-refractivity contribution < 1.29 is 18.7 Å². The van der Waals surface area contributed by atoms with Gasteiger partial charge in [-0.1, -0.05) is 49.2 Å². The van der Waals surface area contributed by atoms with Crippen molar-refractivity contribution in [2.75, 3.05) is 18.6 Å². The van der Waals surface area contributed by atoms with E-state index in [0.29, 0.717) is 56.3 Å². The van der Waals surface area contributed by atoms with Gasteiger partial charge in [0.05, 0.1) is 30.7 Å². The summed E-state index contributed by atoms with van der Waals surface area (Å²) in [5.41, 5.74) is 2.27. The Bertz CT molecular complexity index is 1590. The second kappa shape index (κ2) is 9.77. The maximum absolute atomic E-state index is 13.8. The summed E-state index contributed by atoms with van der Waals surface area (Å²) in [4.78, 5) is 29.2. The lowest BCUT2D eigenvalue weighted by molar-refractivity contribution is 0.0971. The maximum Gasteiger partial charge on any atom is 0.295 e. The summed E-state index contributed by atoms with van der Waals surface area (Å²) >= 11 is 12.6. The normalized spacial score (nSPS) is 14.9. The van der Waals surface area contributed by atoms with Crippen LogP contribution in [-0.4, -0.2) is 19.6 Å². The van der Waals surface area contributed by atoms with Crippen LogP contribution in [0.5, 0.6) is 11.5 Å². The number of methoxy groups -OCH3 is 1. The average Bonchev–Trinajstić information content (AvgIpc) is 3.17. The number of hydrogen-bond donors (Lipinski definition) is 0. The van der Waals surface area contributed by atoms with E-state index in [-0.39, 0.29) is 16.8 Å². The van der Waals surface area contributed by atoms with Gasteiger partial charge in [-0.3, -0.25) is 14.5 Å². The van der Waals surface area contributed by atoms with E-state index in [2.05, 4.69) is 13.8 Å². The van der Waals surface area contributed by atoms with Gasteiger partial charge in [0.1, 0.15) is 5.58 Å². The van der Waals surface area contributed by atoms with Crippen LogP contribution in [0.15, 0.2) is 63.8 Å². The lowest BCUT2D eigenvalue weighted by atomic mass is 9.97. The van der Waals surface area contributed by atoms with Gasteiger partial charge in [0, 0.05) is 15.7 Å². The van der Waals surface area contributed by atoms with Crippen molar-refractivity contribution >= 4 is 45.8 Å². The number of amides is 1.